The third-order valence-corrected chi connectivity index (χ3v) is 5.18. The van der Waals surface area contributed by atoms with Gasteiger partial charge in [-0.1, -0.05) is 0 Å². The Morgan fingerprint density at radius 3 is 2.62 bits per heavy atom. The molecule has 1 fully saturated rings. The molecule has 0 unspecified atom stereocenters. The van der Waals surface area contributed by atoms with Gasteiger partial charge in [0.05, 0.1) is 11.1 Å². The van der Waals surface area contributed by atoms with Crippen LogP contribution in [0.15, 0.2) is 18.2 Å². The molecule has 1 aliphatic rings. The fourth-order valence-corrected chi connectivity index (χ4v) is 3.34. The van der Waals surface area contributed by atoms with E-state index in [1.807, 2.05) is 0 Å². The molecule has 0 spiro atoms. The van der Waals surface area contributed by atoms with Gasteiger partial charge in [-0.15, -0.1) is 0 Å². The maximum Gasteiger partial charge on any atom is 0.434 e. The summed E-state index contributed by atoms with van der Waals surface area (Å²) in [5, 5.41) is 19.8. The van der Waals surface area contributed by atoms with E-state index >= 15 is 0 Å². The van der Waals surface area contributed by atoms with Gasteiger partial charge < -0.3 is 5.32 Å². The molecule has 2 aromatic heterocycles. The Hall–Kier alpha value is -3.41. The van der Waals surface area contributed by atoms with Crippen LogP contribution in [-0.2, 0) is 6.18 Å². The second kappa shape index (κ2) is 6.58. The Morgan fingerprint density at radius 2 is 2.00 bits per heavy atom. The molecule has 2 N–H and O–H groups in total. The molecule has 2 heterocycles. The second-order valence-corrected chi connectivity index (χ2v) is 7.14. The SMILES string of the molecule is Cc1c(C(=O)Nc2ccc3n[nH]c(C4CC4)c3c2)nc(C(F)(F)F)c(C#N)c1C. The van der Waals surface area contributed by atoms with E-state index in [9.17, 15) is 18.0 Å². The summed E-state index contributed by atoms with van der Waals surface area (Å²) in [4.78, 5) is 16.2. The van der Waals surface area contributed by atoms with Crippen LogP contribution < -0.4 is 5.32 Å². The maximum absolute atomic E-state index is 13.3. The van der Waals surface area contributed by atoms with E-state index in [0.717, 1.165) is 29.4 Å². The van der Waals surface area contributed by atoms with Gasteiger partial charge in [-0.2, -0.15) is 23.5 Å². The molecule has 4 rings (SSSR count). The van der Waals surface area contributed by atoms with Crippen molar-refractivity contribution in [1.82, 2.24) is 15.2 Å². The summed E-state index contributed by atoms with van der Waals surface area (Å²) in [5.74, 6) is -0.346. The number of benzene rings is 1. The first-order chi connectivity index (χ1) is 13.7. The fraction of sp³-hybridized carbons (Fsp3) is 0.300. The van der Waals surface area contributed by atoms with Crippen molar-refractivity contribution in [3.63, 3.8) is 0 Å². The van der Waals surface area contributed by atoms with Crippen LogP contribution in [0.5, 0.6) is 0 Å². The summed E-state index contributed by atoms with van der Waals surface area (Å²) in [7, 11) is 0. The number of hydrogen-bond acceptors (Lipinski definition) is 4. The lowest BCUT2D eigenvalue weighted by Crippen LogP contribution is -2.21. The molecule has 0 saturated heterocycles. The zero-order valence-corrected chi connectivity index (χ0v) is 15.6. The Morgan fingerprint density at radius 1 is 1.28 bits per heavy atom. The molecule has 29 heavy (non-hydrogen) atoms. The Bertz CT molecular complexity index is 1190. The molecule has 1 saturated carbocycles. The molecular weight excluding hydrogens is 383 g/mol. The van der Waals surface area contributed by atoms with Crippen LogP contribution in [-0.4, -0.2) is 21.1 Å². The van der Waals surface area contributed by atoms with Gasteiger partial charge in [-0.3, -0.25) is 9.89 Å². The zero-order chi connectivity index (χ0) is 20.9. The average molecular weight is 399 g/mol. The van der Waals surface area contributed by atoms with Crippen LogP contribution in [0, 0.1) is 25.2 Å². The number of amides is 1. The first kappa shape index (κ1) is 18.9. The third kappa shape index (κ3) is 3.31. The number of nitrogens with one attached hydrogen (secondary N) is 2. The van der Waals surface area contributed by atoms with E-state index in [0.29, 0.717) is 11.6 Å². The number of rotatable bonds is 3. The largest absolute Gasteiger partial charge is 0.434 e. The van der Waals surface area contributed by atoms with Crippen molar-refractivity contribution < 1.29 is 18.0 Å². The van der Waals surface area contributed by atoms with Crippen LogP contribution in [0.1, 0.15) is 57.3 Å². The molecule has 3 aromatic rings. The highest BCUT2D eigenvalue weighted by Crippen LogP contribution is 2.42. The van der Waals surface area contributed by atoms with E-state index in [1.165, 1.54) is 13.8 Å². The van der Waals surface area contributed by atoms with Gasteiger partial charge in [0.25, 0.3) is 5.91 Å². The summed E-state index contributed by atoms with van der Waals surface area (Å²) in [6.07, 6.45) is -2.70. The number of nitriles is 1. The molecule has 0 radical (unpaired) electrons. The number of halogens is 3. The molecule has 0 aliphatic heterocycles. The normalized spacial score (nSPS) is 14.1. The van der Waals surface area contributed by atoms with Gasteiger partial charge in [0.15, 0.2) is 5.69 Å². The molecule has 0 bridgehead atoms. The minimum atomic E-state index is -4.84. The summed E-state index contributed by atoms with van der Waals surface area (Å²) in [6, 6.07) is 6.66. The van der Waals surface area contributed by atoms with Crippen molar-refractivity contribution in [1.29, 1.82) is 5.26 Å². The number of alkyl halides is 3. The molecule has 1 aliphatic carbocycles. The van der Waals surface area contributed by atoms with Crippen LogP contribution in [0.3, 0.4) is 0 Å². The molecule has 9 heteroatoms. The molecule has 6 nitrogen and oxygen atoms in total. The fourth-order valence-electron chi connectivity index (χ4n) is 3.34. The lowest BCUT2D eigenvalue weighted by molar-refractivity contribution is -0.141. The minimum Gasteiger partial charge on any atom is -0.321 e. The number of nitrogens with zero attached hydrogens (tertiary/aromatic N) is 3. The quantitative estimate of drug-likeness (QED) is 0.673. The lowest BCUT2D eigenvalue weighted by Gasteiger charge is -2.15. The minimum absolute atomic E-state index is 0.0845. The standard InChI is InChI=1S/C20H16F3N5O/c1-9-10(2)16(26-18(14(9)8-24)20(21,22)23)19(29)25-12-5-6-15-13(7-12)17(28-27-15)11-3-4-11/h5-7,11H,3-4H2,1-2H3,(H,25,29)(H,27,28). The van der Waals surface area contributed by atoms with E-state index in [2.05, 4.69) is 20.5 Å². The summed E-state index contributed by atoms with van der Waals surface area (Å²) in [6.45, 7) is 2.85. The molecule has 1 amide bonds. The second-order valence-electron chi connectivity index (χ2n) is 7.14. The van der Waals surface area contributed by atoms with Gasteiger partial charge in [0.1, 0.15) is 11.8 Å². The van der Waals surface area contributed by atoms with Crippen LogP contribution in [0.4, 0.5) is 18.9 Å². The van der Waals surface area contributed by atoms with Crippen molar-refractivity contribution in [3.05, 3.63) is 52.0 Å². The maximum atomic E-state index is 13.3. The number of fused-ring (bicyclic) bond motifs is 1. The number of hydrogen-bond donors (Lipinski definition) is 2. The predicted molar refractivity (Wildman–Crippen MR) is 99.4 cm³/mol. The summed E-state index contributed by atoms with van der Waals surface area (Å²) >= 11 is 0. The van der Waals surface area contributed by atoms with E-state index in [1.54, 1.807) is 24.3 Å². The zero-order valence-electron chi connectivity index (χ0n) is 15.6. The number of anilines is 1. The highest BCUT2D eigenvalue weighted by molar-refractivity contribution is 6.05. The van der Waals surface area contributed by atoms with Gasteiger partial charge >= 0.3 is 6.18 Å². The number of H-pyrrole nitrogens is 1. The smallest absolute Gasteiger partial charge is 0.321 e. The molecule has 1 aromatic carbocycles. The first-order valence-corrected chi connectivity index (χ1v) is 8.98. The Kier molecular flexibility index (Phi) is 4.30. The number of aromatic nitrogens is 3. The monoisotopic (exact) mass is 399 g/mol. The summed E-state index contributed by atoms with van der Waals surface area (Å²) < 4.78 is 40.0. The molecule has 0 atom stereocenters. The highest BCUT2D eigenvalue weighted by atomic mass is 19.4. The summed E-state index contributed by atoms with van der Waals surface area (Å²) in [5.41, 5.74) is 0.226. The number of pyridine rings is 1. The van der Waals surface area contributed by atoms with Crippen molar-refractivity contribution in [2.75, 3.05) is 5.32 Å². The first-order valence-electron chi connectivity index (χ1n) is 8.98. The van der Waals surface area contributed by atoms with Gasteiger partial charge in [0.2, 0.25) is 0 Å². The molecule has 148 valence electrons. The van der Waals surface area contributed by atoms with E-state index < -0.39 is 23.3 Å². The van der Waals surface area contributed by atoms with Gasteiger partial charge in [0, 0.05) is 22.7 Å². The van der Waals surface area contributed by atoms with Crippen LogP contribution in [0.2, 0.25) is 0 Å². The van der Waals surface area contributed by atoms with Crippen LogP contribution >= 0.6 is 0 Å². The van der Waals surface area contributed by atoms with Crippen molar-refractivity contribution in [2.45, 2.75) is 38.8 Å². The van der Waals surface area contributed by atoms with Gasteiger partial charge in [-0.05, 0) is 56.0 Å². The van der Waals surface area contributed by atoms with Crippen molar-refractivity contribution >= 4 is 22.5 Å². The number of aromatic amines is 1. The Balaban J connectivity index is 1.72. The van der Waals surface area contributed by atoms with Crippen molar-refractivity contribution in [3.8, 4) is 6.07 Å². The lowest BCUT2D eigenvalue weighted by atomic mass is 10.0. The highest BCUT2D eigenvalue weighted by Gasteiger charge is 2.38. The topological polar surface area (TPSA) is 94.5 Å². The van der Waals surface area contributed by atoms with Crippen LogP contribution in [0.25, 0.3) is 10.9 Å². The molecular formula is C20H16F3N5O. The predicted octanol–water partition coefficient (Wildman–Crippen LogP) is 4.59. The van der Waals surface area contributed by atoms with E-state index in [4.69, 9.17) is 5.26 Å². The average Bonchev–Trinajstić information content (AvgIpc) is 3.42. The van der Waals surface area contributed by atoms with Crippen molar-refractivity contribution in [2.24, 2.45) is 0 Å². The van der Waals surface area contributed by atoms with Gasteiger partial charge in [-0.25, -0.2) is 4.98 Å². The Labute approximate surface area is 163 Å². The third-order valence-electron chi connectivity index (χ3n) is 5.18. The van der Waals surface area contributed by atoms with E-state index in [-0.39, 0.29) is 16.8 Å². The number of carbonyl (C=O) groups is 1. The number of carbonyl (C=O) groups excluding carboxylic acids is 1.